The van der Waals surface area contributed by atoms with Crippen LogP contribution in [0.15, 0.2) is 42.4 Å². The highest BCUT2D eigenvalue weighted by atomic mass is 16.5. The Bertz CT molecular complexity index is 778. The zero-order chi connectivity index (χ0) is 16.9. The first-order chi connectivity index (χ1) is 11.7. The third-order valence-corrected chi connectivity index (χ3v) is 3.92. The van der Waals surface area contributed by atoms with Crippen LogP contribution in [0.25, 0.3) is 5.57 Å². The summed E-state index contributed by atoms with van der Waals surface area (Å²) in [5, 5.41) is 16.0. The lowest BCUT2D eigenvalue weighted by atomic mass is 10.2. The van der Waals surface area contributed by atoms with E-state index in [1.807, 2.05) is 24.3 Å². The fraction of sp³-hybridized carbons (Fsp3) is 0.278. The van der Waals surface area contributed by atoms with E-state index in [-0.39, 0.29) is 0 Å². The Kier molecular flexibility index (Phi) is 4.62. The summed E-state index contributed by atoms with van der Waals surface area (Å²) in [6.07, 6.45) is 3.61. The highest BCUT2D eigenvalue weighted by Crippen LogP contribution is 2.35. The molecule has 1 aromatic carbocycles. The van der Waals surface area contributed by atoms with Crippen LogP contribution in [0.3, 0.4) is 0 Å². The molecule has 1 aromatic heterocycles. The Labute approximate surface area is 141 Å². The van der Waals surface area contributed by atoms with Gasteiger partial charge >= 0.3 is 0 Å². The number of aromatic nitrogens is 2. The van der Waals surface area contributed by atoms with E-state index < -0.39 is 0 Å². The second kappa shape index (κ2) is 7.01. The molecular weight excluding hydrogens is 302 g/mol. The topological polar surface area (TPSA) is 82.9 Å². The Morgan fingerprint density at radius 3 is 2.79 bits per heavy atom. The minimum absolute atomic E-state index is 0.309. The lowest BCUT2D eigenvalue weighted by Crippen LogP contribution is -2.19. The van der Waals surface area contributed by atoms with Crippen LogP contribution >= 0.6 is 0 Å². The number of fused-ring (bicyclic) bond motifs is 1. The molecule has 122 valence electrons. The van der Waals surface area contributed by atoms with Crippen molar-refractivity contribution >= 4 is 17.2 Å². The van der Waals surface area contributed by atoms with Crippen LogP contribution in [0.1, 0.15) is 32.4 Å². The predicted octanol–water partition coefficient (Wildman–Crippen LogP) is 3.77. The standard InChI is InChI=1S/C18H19N5O/c1-3-12(4-2)21-18-20-10-9-14(23-18)13(11-19)17-22-15-7-5-6-8-16(15)24-17/h5-10,12,22H,3-4H2,1-2H3,(H,20,21,23)/b17-13-. The monoisotopic (exact) mass is 321 g/mol. The van der Waals surface area contributed by atoms with Gasteiger partial charge in [0, 0.05) is 12.2 Å². The number of allylic oxidation sites excluding steroid dienone is 1. The average Bonchev–Trinajstić information content (AvgIpc) is 3.04. The lowest BCUT2D eigenvalue weighted by Gasteiger charge is -2.14. The van der Waals surface area contributed by atoms with Crippen molar-refractivity contribution in [2.45, 2.75) is 32.7 Å². The van der Waals surface area contributed by atoms with E-state index in [1.54, 1.807) is 12.3 Å². The Hall–Kier alpha value is -3.07. The molecule has 0 unspecified atom stereocenters. The molecule has 2 N–H and O–H groups in total. The van der Waals surface area contributed by atoms with Crippen LogP contribution in [0.2, 0.25) is 0 Å². The smallest absolute Gasteiger partial charge is 0.223 e. The number of rotatable bonds is 5. The van der Waals surface area contributed by atoms with Gasteiger partial charge in [-0.1, -0.05) is 26.0 Å². The quantitative estimate of drug-likeness (QED) is 0.816. The van der Waals surface area contributed by atoms with Crippen LogP contribution in [-0.2, 0) is 0 Å². The third kappa shape index (κ3) is 3.15. The maximum atomic E-state index is 9.58. The summed E-state index contributed by atoms with van der Waals surface area (Å²) in [6, 6.07) is 11.7. The van der Waals surface area contributed by atoms with Gasteiger partial charge in [-0.2, -0.15) is 5.26 Å². The Balaban J connectivity index is 1.90. The van der Waals surface area contributed by atoms with E-state index in [0.29, 0.717) is 34.9 Å². The van der Waals surface area contributed by atoms with E-state index in [0.717, 1.165) is 18.5 Å². The summed E-state index contributed by atoms with van der Waals surface area (Å²) < 4.78 is 5.74. The molecule has 0 aliphatic carbocycles. The summed E-state index contributed by atoms with van der Waals surface area (Å²) in [5.74, 6) is 1.61. The summed E-state index contributed by atoms with van der Waals surface area (Å²) in [4.78, 5) is 8.71. The first-order valence-electron chi connectivity index (χ1n) is 8.03. The molecule has 6 nitrogen and oxygen atoms in total. The first kappa shape index (κ1) is 15.8. The molecule has 0 bridgehead atoms. The van der Waals surface area contributed by atoms with Crippen molar-refractivity contribution in [2.24, 2.45) is 0 Å². The molecule has 0 radical (unpaired) electrons. The summed E-state index contributed by atoms with van der Waals surface area (Å²) in [7, 11) is 0. The van der Waals surface area contributed by atoms with Gasteiger partial charge in [0.2, 0.25) is 11.8 Å². The van der Waals surface area contributed by atoms with Crippen molar-refractivity contribution in [3.63, 3.8) is 0 Å². The molecule has 0 amide bonds. The molecule has 24 heavy (non-hydrogen) atoms. The molecule has 2 heterocycles. The van der Waals surface area contributed by atoms with Gasteiger partial charge in [-0.15, -0.1) is 0 Å². The van der Waals surface area contributed by atoms with Crippen molar-refractivity contribution in [3.05, 3.63) is 48.1 Å². The predicted molar refractivity (Wildman–Crippen MR) is 93.3 cm³/mol. The van der Waals surface area contributed by atoms with Gasteiger partial charge in [-0.05, 0) is 31.0 Å². The van der Waals surface area contributed by atoms with Gasteiger partial charge in [-0.3, -0.25) is 0 Å². The van der Waals surface area contributed by atoms with Crippen molar-refractivity contribution in [1.82, 2.24) is 9.97 Å². The highest BCUT2D eigenvalue weighted by molar-refractivity contribution is 5.81. The Morgan fingerprint density at radius 2 is 2.08 bits per heavy atom. The van der Waals surface area contributed by atoms with Gasteiger partial charge in [0.15, 0.2) is 5.75 Å². The van der Waals surface area contributed by atoms with E-state index in [9.17, 15) is 5.26 Å². The second-order valence-corrected chi connectivity index (χ2v) is 5.46. The number of para-hydroxylation sites is 2. The van der Waals surface area contributed by atoms with E-state index in [4.69, 9.17) is 4.74 Å². The zero-order valence-electron chi connectivity index (χ0n) is 13.7. The van der Waals surface area contributed by atoms with Gasteiger partial charge in [0.25, 0.3) is 0 Å². The van der Waals surface area contributed by atoms with E-state index in [2.05, 4.69) is 40.5 Å². The molecule has 0 saturated carbocycles. The second-order valence-electron chi connectivity index (χ2n) is 5.46. The van der Waals surface area contributed by atoms with Gasteiger partial charge in [0.05, 0.1) is 11.4 Å². The minimum Gasteiger partial charge on any atom is -0.437 e. The highest BCUT2D eigenvalue weighted by Gasteiger charge is 2.22. The molecular formula is C18H19N5O. The maximum Gasteiger partial charge on any atom is 0.223 e. The van der Waals surface area contributed by atoms with E-state index in [1.165, 1.54) is 0 Å². The van der Waals surface area contributed by atoms with Crippen LogP contribution in [0.5, 0.6) is 5.75 Å². The summed E-state index contributed by atoms with van der Waals surface area (Å²) in [5.41, 5.74) is 1.71. The third-order valence-electron chi connectivity index (χ3n) is 3.92. The number of ether oxygens (including phenoxy) is 1. The number of nitrogens with one attached hydrogen (secondary N) is 2. The fourth-order valence-corrected chi connectivity index (χ4v) is 2.50. The maximum absolute atomic E-state index is 9.58. The van der Waals surface area contributed by atoms with E-state index >= 15 is 0 Å². The Morgan fingerprint density at radius 1 is 1.29 bits per heavy atom. The molecule has 1 aliphatic rings. The number of hydrogen-bond acceptors (Lipinski definition) is 6. The molecule has 0 atom stereocenters. The normalized spacial score (nSPS) is 14.4. The average molecular weight is 321 g/mol. The summed E-state index contributed by atoms with van der Waals surface area (Å²) in [6.45, 7) is 4.22. The van der Waals surface area contributed by atoms with Crippen molar-refractivity contribution in [3.8, 4) is 11.8 Å². The number of benzene rings is 1. The van der Waals surface area contributed by atoms with Crippen LogP contribution in [0.4, 0.5) is 11.6 Å². The molecule has 0 fully saturated rings. The van der Waals surface area contributed by atoms with Gasteiger partial charge in [-0.25, -0.2) is 9.97 Å². The first-order valence-corrected chi connectivity index (χ1v) is 8.03. The van der Waals surface area contributed by atoms with Gasteiger partial charge in [0.1, 0.15) is 11.6 Å². The van der Waals surface area contributed by atoms with Crippen LogP contribution in [-0.4, -0.2) is 16.0 Å². The SMILES string of the molecule is CCC(CC)Nc1nccc(/C(C#N)=C2/Nc3ccccc3O2)n1. The van der Waals surface area contributed by atoms with Crippen LogP contribution in [0, 0.1) is 11.3 Å². The summed E-state index contributed by atoms with van der Waals surface area (Å²) >= 11 is 0. The molecule has 2 aromatic rings. The minimum atomic E-state index is 0.309. The van der Waals surface area contributed by atoms with Crippen molar-refractivity contribution < 1.29 is 4.74 Å². The molecule has 0 saturated heterocycles. The molecule has 3 rings (SSSR count). The number of nitrogens with zero attached hydrogens (tertiary/aromatic N) is 3. The van der Waals surface area contributed by atoms with Crippen molar-refractivity contribution in [2.75, 3.05) is 10.6 Å². The fourth-order valence-electron chi connectivity index (χ4n) is 2.50. The van der Waals surface area contributed by atoms with Crippen LogP contribution < -0.4 is 15.4 Å². The molecule has 1 aliphatic heterocycles. The lowest BCUT2D eigenvalue weighted by molar-refractivity contribution is 0.460. The number of anilines is 2. The zero-order valence-corrected chi connectivity index (χ0v) is 13.7. The largest absolute Gasteiger partial charge is 0.437 e. The molecule has 0 spiro atoms. The van der Waals surface area contributed by atoms with Crippen molar-refractivity contribution in [1.29, 1.82) is 5.26 Å². The van der Waals surface area contributed by atoms with Gasteiger partial charge < -0.3 is 15.4 Å². The number of nitriles is 1. The molecule has 6 heteroatoms. The number of hydrogen-bond donors (Lipinski definition) is 2.